The summed E-state index contributed by atoms with van der Waals surface area (Å²) in [6.45, 7) is 6.18. The van der Waals surface area contributed by atoms with Gasteiger partial charge in [0.05, 0.1) is 13.2 Å². The Labute approximate surface area is 79.1 Å². The van der Waals surface area contributed by atoms with Gasteiger partial charge >= 0.3 is 7.60 Å². The van der Waals surface area contributed by atoms with Crippen LogP contribution in [0.2, 0.25) is 0 Å². The summed E-state index contributed by atoms with van der Waals surface area (Å²) in [6.07, 6.45) is 0. The van der Waals surface area contributed by atoms with Crippen LogP contribution in [0.4, 0.5) is 0 Å². The summed E-state index contributed by atoms with van der Waals surface area (Å²) in [5.41, 5.74) is 5.50. The van der Waals surface area contributed by atoms with Gasteiger partial charge in [-0.15, -0.1) is 0 Å². The molecule has 0 bridgehead atoms. The van der Waals surface area contributed by atoms with E-state index in [1.54, 1.807) is 20.8 Å². The first-order valence-corrected chi connectivity index (χ1v) is 5.97. The van der Waals surface area contributed by atoms with Crippen molar-refractivity contribution in [2.75, 3.05) is 19.8 Å². The summed E-state index contributed by atoms with van der Waals surface area (Å²) < 4.78 is 26.7. The van der Waals surface area contributed by atoms with Crippen molar-refractivity contribution in [3.8, 4) is 0 Å². The highest BCUT2D eigenvalue weighted by Gasteiger charge is 2.33. The SMILES string of the molecule is CCOC(N)P(=O)(OCC)OCC. The second-order valence-corrected chi connectivity index (χ2v) is 4.33. The van der Waals surface area contributed by atoms with Crippen molar-refractivity contribution in [1.29, 1.82) is 0 Å². The van der Waals surface area contributed by atoms with Crippen LogP contribution in [-0.4, -0.2) is 25.8 Å². The maximum atomic E-state index is 11.8. The van der Waals surface area contributed by atoms with Gasteiger partial charge in [0, 0.05) is 6.61 Å². The first-order valence-electron chi connectivity index (χ1n) is 4.36. The summed E-state index contributed by atoms with van der Waals surface area (Å²) in [5, 5.41) is 0. The molecule has 6 heteroatoms. The average Bonchev–Trinajstić information content (AvgIpc) is 2.05. The summed E-state index contributed by atoms with van der Waals surface area (Å²) >= 11 is 0. The maximum absolute atomic E-state index is 11.8. The highest BCUT2D eigenvalue weighted by molar-refractivity contribution is 7.54. The van der Waals surface area contributed by atoms with Crippen molar-refractivity contribution >= 4 is 7.60 Å². The number of hydrogen-bond acceptors (Lipinski definition) is 5. The Morgan fingerprint density at radius 2 is 1.62 bits per heavy atom. The third-order valence-electron chi connectivity index (χ3n) is 1.27. The van der Waals surface area contributed by atoms with Crippen LogP contribution >= 0.6 is 7.60 Å². The highest BCUT2D eigenvalue weighted by Crippen LogP contribution is 2.51. The van der Waals surface area contributed by atoms with Crippen LogP contribution < -0.4 is 5.73 Å². The minimum absolute atomic E-state index is 0.290. The van der Waals surface area contributed by atoms with Crippen molar-refractivity contribution in [3.05, 3.63) is 0 Å². The molecule has 0 aromatic carbocycles. The smallest absolute Gasteiger partial charge is 0.352 e. The molecule has 0 amide bonds. The Morgan fingerprint density at radius 1 is 1.15 bits per heavy atom. The van der Waals surface area contributed by atoms with Crippen LogP contribution in [0, 0.1) is 0 Å². The van der Waals surface area contributed by atoms with Gasteiger partial charge in [-0.25, -0.2) is 0 Å². The summed E-state index contributed by atoms with van der Waals surface area (Å²) in [7, 11) is -3.27. The lowest BCUT2D eigenvalue weighted by molar-refractivity contribution is 0.0820. The Balaban J connectivity index is 4.28. The zero-order valence-electron chi connectivity index (χ0n) is 8.36. The molecule has 13 heavy (non-hydrogen) atoms. The van der Waals surface area contributed by atoms with E-state index in [4.69, 9.17) is 19.5 Å². The van der Waals surface area contributed by atoms with Crippen molar-refractivity contribution in [2.24, 2.45) is 5.73 Å². The molecule has 0 aromatic heterocycles. The van der Waals surface area contributed by atoms with Gasteiger partial charge in [0.1, 0.15) is 0 Å². The minimum atomic E-state index is -3.27. The molecular weight excluding hydrogens is 193 g/mol. The lowest BCUT2D eigenvalue weighted by Crippen LogP contribution is -2.26. The summed E-state index contributed by atoms with van der Waals surface area (Å²) in [4.78, 5) is 0. The van der Waals surface area contributed by atoms with Gasteiger partial charge in [-0.3, -0.25) is 10.3 Å². The number of rotatable bonds is 7. The van der Waals surface area contributed by atoms with E-state index in [1.165, 1.54) is 0 Å². The van der Waals surface area contributed by atoms with Crippen molar-refractivity contribution in [1.82, 2.24) is 0 Å². The maximum Gasteiger partial charge on any atom is 0.373 e. The molecule has 5 nitrogen and oxygen atoms in total. The lowest BCUT2D eigenvalue weighted by Gasteiger charge is -2.22. The predicted octanol–water partition coefficient (Wildman–Crippen LogP) is 1.53. The Kier molecular flexibility index (Phi) is 6.55. The van der Waals surface area contributed by atoms with Gasteiger partial charge in [-0.05, 0) is 20.8 Å². The van der Waals surface area contributed by atoms with E-state index in [1.807, 2.05) is 0 Å². The number of nitrogens with two attached hydrogens (primary N) is 1. The number of hydrogen-bond donors (Lipinski definition) is 1. The molecule has 0 radical (unpaired) electrons. The molecule has 0 aliphatic rings. The fraction of sp³-hybridized carbons (Fsp3) is 1.00. The highest BCUT2D eigenvalue weighted by atomic mass is 31.2. The van der Waals surface area contributed by atoms with E-state index < -0.39 is 13.6 Å². The van der Waals surface area contributed by atoms with Crippen LogP contribution in [0.15, 0.2) is 0 Å². The van der Waals surface area contributed by atoms with E-state index in [0.29, 0.717) is 6.61 Å². The van der Waals surface area contributed by atoms with Crippen molar-refractivity contribution in [3.63, 3.8) is 0 Å². The third-order valence-corrected chi connectivity index (χ3v) is 3.28. The molecule has 0 heterocycles. The molecule has 0 rings (SSSR count). The molecule has 80 valence electrons. The normalized spacial score (nSPS) is 14.5. The topological polar surface area (TPSA) is 70.8 Å². The van der Waals surface area contributed by atoms with Gasteiger partial charge in [-0.2, -0.15) is 0 Å². The fourth-order valence-electron chi connectivity index (χ4n) is 0.806. The molecule has 2 N–H and O–H groups in total. The molecular formula is C7H18NO4P. The van der Waals surface area contributed by atoms with Crippen LogP contribution in [0.1, 0.15) is 20.8 Å². The lowest BCUT2D eigenvalue weighted by atomic mass is 10.9. The van der Waals surface area contributed by atoms with Crippen LogP contribution in [0.5, 0.6) is 0 Å². The van der Waals surface area contributed by atoms with Crippen molar-refractivity contribution < 1.29 is 18.3 Å². The Hall–Kier alpha value is 0.0700. The quantitative estimate of drug-likeness (QED) is 0.510. The Bertz CT molecular complexity index is 166. The van der Waals surface area contributed by atoms with Crippen LogP contribution in [0.25, 0.3) is 0 Å². The van der Waals surface area contributed by atoms with Gasteiger partial charge < -0.3 is 13.8 Å². The summed E-state index contributed by atoms with van der Waals surface area (Å²) in [5.74, 6) is -0.989. The Morgan fingerprint density at radius 3 is 1.92 bits per heavy atom. The zero-order valence-corrected chi connectivity index (χ0v) is 9.25. The summed E-state index contributed by atoms with van der Waals surface area (Å²) in [6, 6.07) is 0. The van der Waals surface area contributed by atoms with Crippen LogP contribution in [-0.2, 0) is 18.3 Å². The van der Waals surface area contributed by atoms with Gasteiger partial charge in [-0.1, -0.05) is 0 Å². The molecule has 1 unspecified atom stereocenters. The van der Waals surface area contributed by atoms with E-state index in [0.717, 1.165) is 0 Å². The molecule has 0 saturated heterocycles. The second-order valence-electron chi connectivity index (χ2n) is 2.22. The second kappa shape index (κ2) is 6.51. The first-order chi connectivity index (χ1) is 6.10. The zero-order chi connectivity index (χ0) is 10.3. The largest absolute Gasteiger partial charge is 0.373 e. The van der Waals surface area contributed by atoms with Gasteiger partial charge in [0.25, 0.3) is 0 Å². The first kappa shape index (κ1) is 13.1. The van der Waals surface area contributed by atoms with E-state index >= 15 is 0 Å². The van der Waals surface area contributed by atoms with Gasteiger partial charge in [0.2, 0.25) is 5.97 Å². The standard InChI is InChI=1S/C7H18NO4P/c1-4-10-7(8)13(9,11-5-2)12-6-3/h7H,4-6,8H2,1-3H3. The molecule has 1 atom stereocenters. The monoisotopic (exact) mass is 211 g/mol. The molecule has 0 spiro atoms. The number of ether oxygens (including phenoxy) is 1. The molecule has 0 aromatic rings. The predicted molar refractivity (Wildman–Crippen MR) is 50.5 cm³/mol. The van der Waals surface area contributed by atoms with Crippen molar-refractivity contribution in [2.45, 2.75) is 26.7 Å². The molecule has 0 fully saturated rings. The molecule has 0 aliphatic carbocycles. The van der Waals surface area contributed by atoms with E-state index in [2.05, 4.69) is 0 Å². The fourth-order valence-corrected chi connectivity index (χ4v) is 2.23. The van der Waals surface area contributed by atoms with Crippen LogP contribution in [0.3, 0.4) is 0 Å². The van der Waals surface area contributed by atoms with E-state index in [9.17, 15) is 4.57 Å². The minimum Gasteiger partial charge on any atom is -0.352 e. The average molecular weight is 211 g/mol. The van der Waals surface area contributed by atoms with E-state index in [-0.39, 0.29) is 13.2 Å². The molecule has 0 aliphatic heterocycles. The third kappa shape index (κ3) is 4.20. The van der Waals surface area contributed by atoms with Gasteiger partial charge in [0.15, 0.2) is 0 Å². The molecule has 0 saturated carbocycles.